The van der Waals surface area contributed by atoms with Crippen molar-refractivity contribution in [2.24, 2.45) is 0 Å². The summed E-state index contributed by atoms with van der Waals surface area (Å²) in [6.07, 6.45) is 1.39. The highest BCUT2D eigenvalue weighted by Crippen LogP contribution is 2.36. The average Bonchev–Trinajstić information content (AvgIpc) is 2.99. The normalized spacial score (nSPS) is 14.0. The van der Waals surface area contributed by atoms with Crippen molar-refractivity contribution in [3.8, 4) is 17.2 Å². The van der Waals surface area contributed by atoms with Gasteiger partial charge >= 0.3 is 6.03 Å². The largest absolute Gasteiger partial charge is 0.490 e. The minimum absolute atomic E-state index is 0.108. The minimum Gasteiger partial charge on any atom is -0.490 e. The summed E-state index contributed by atoms with van der Waals surface area (Å²) in [5, 5.41) is 2.86. The van der Waals surface area contributed by atoms with Crippen LogP contribution >= 0.6 is 34.2 Å². The van der Waals surface area contributed by atoms with Crippen LogP contribution in [-0.4, -0.2) is 24.5 Å². The highest BCUT2D eigenvalue weighted by atomic mass is 127. The van der Waals surface area contributed by atoms with Crippen LogP contribution in [-0.2, 0) is 22.8 Å². The van der Waals surface area contributed by atoms with E-state index in [4.69, 9.17) is 25.8 Å². The van der Waals surface area contributed by atoms with Gasteiger partial charge in [-0.2, -0.15) is 0 Å². The molecule has 1 aliphatic rings. The topological polar surface area (TPSA) is 94.2 Å². The van der Waals surface area contributed by atoms with Gasteiger partial charge in [-0.25, -0.2) is 14.1 Å². The zero-order chi connectivity index (χ0) is 31.2. The van der Waals surface area contributed by atoms with Crippen LogP contribution in [0, 0.1) is 9.39 Å². The van der Waals surface area contributed by atoms with Gasteiger partial charge in [0.05, 0.1) is 15.9 Å². The summed E-state index contributed by atoms with van der Waals surface area (Å²) in [6.45, 7) is 2.55. The number of rotatable bonds is 10. The number of carbonyl (C=O) groups excluding carboxylic acids is 3. The maximum atomic E-state index is 13.6. The molecule has 0 unspecified atom stereocenters. The molecule has 1 aliphatic heterocycles. The molecule has 0 radical (unpaired) electrons. The van der Waals surface area contributed by atoms with E-state index < -0.39 is 17.8 Å². The van der Waals surface area contributed by atoms with Crippen LogP contribution in [0.25, 0.3) is 6.08 Å². The lowest BCUT2D eigenvalue weighted by molar-refractivity contribution is -0.122. The van der Waals surface area contributed by atoms with Gasteiger partial charge in [0, 0.05) is 5.02 Å². The van der Waals surface area contributed by atoms with E-state index in [2.05, 4.69) is 27.9 Å². The molecule has 0 aliphatic carbocycles. The third-order valence-electron chi connectivity index (χ3n) is 6.43. The van der Waals surface area contributed by atoms with Gasteiger partial charge in [0.2, 0.25) is 0 Å². The number of anilines is 1. The maximum Gasteiger partial charge on any atom is 0.335 e. The van der Waals surface area contributed by atoms with Crippen LogP contribution in [0.15, 0.2) is 90.5 Å². The number of amides is 4. The standard InChI is InChI=1S/C33H25ClFIN2O6/c1-2-42-29-17-22(16-28(36)30(29)44-19-21-4-3-5-24(35)14-21)15-27-31(39)37-33(41)38(32(27)40)25-10-12-26(13-11-25)43-18-20-6-8-23(34)9-7-20/h3-17H,2,18-19H2,1H3,(H,37,39,41)/b27-15+. The van der Waals surface area contributed by atoms with Crippen molar-refractivity contribution >= 4 is 63.8 Å². The number of imide groups is 2. The SMILES string of the molecule is CCOc1cc(/C=C2\C(=O)NC(=O)N(c3ccc(OCc4ccc(Cl)cc4)cc3)C2=O)cc(I)c1OCc1cccc(F)c1. The number of carbonyl (C=O) groups is 3. The number of hydrogen-bond acceptors (Lipinski definition) is 6. The Kier molecular flexibility index (Phi) is 9.81. The molecule has 0 aromatic heterocycles. The second-order valence-corrected chi connectivity index (χ2v) is 11.1. The van der Waals surface area contributed by atoms with Crippen LogP contribution in [0.5, 0.6) is 17.2 Å². The molecule has 11 heteroatoms. The fourth-order valence-corrected chi connectivity index (χ4v) is 5.26. The van der Waals surface area contributed by atoms with E-state index in [0.29, 0.717) is 50.2 Å². The number of nitrogens with one attached hydrogen (secondary N) is 1. The molecule has 4 aromatic carbocycles. The fourth-order valence-electron chi connectivity index (χ4n) is 4.35. The van der Waals surface area contributed by atoms with E-state index in [1.54, 1.807) is 60.7 Å². The zero-order valence-corrected chi connectivity index (χ0v) is 26.2. The van der Waals surface area contributed by atoms with Gasteiger partial charge in [-0.1, -0.05) is 35.9 Å². The van der Waals surface area contributed by atoms with Gasteiger partial charge in [0.15, 0.2) is 11.5 Å². The number of ether oxygens (including phenoxy) is 3. The first-order chi connectivity index (χ1) is 21.2. The summed E-state index contributed by atoms with van der Waals surface area (Å²) >= 11 is 7.99. The van der Waals surface area contributed by atoms with Crippen molar-refractivity contribution in [2.75, 3.05) is 11.5 Å². The molecule has 44 heavy (non-hydrogen) atoms. The highest BCUT2D eigenvalue weighted by Gasteiger charge is 2.37. The summed E-state index contributed by atoms with van der Waals surface area (Å²) in [5.41, 5.74) is 2.07. The van der Waals surface area contributed by atoms with Crippen molar-refractivity contribution in [1.29, 1.82) is 0 Å². The monoisotopic (exact) mass is 726 g/mol. The Morgan fingerprint density at radius 3 is 2.32 bits per heavy atom. The lowest BCUT2D eigenvalue weighted by Crippen LogP contribution is -2.54. The van der Waals surface area contributed by atoms with Crippen molar-refractivity contribution in [3.63, 3.8) is 0 Å². The van der Waals surface area contributed by atoms with E-state index in [0.717, 1.165) is 10.5 Å². The maximum absolute atomic E-state index is 13.6. The van der Waals surface area contributed by atoms with Crippen molar-refractivity contribution in [3.05, 3.63) is 122 Å². The minimum atomic E-state index is -0.863. The first-order valence-corrected chi connectivity index (χ1v) is 14.9. The lowest BCUT2D eigenvalue weighted by Gasteiger charge is -2.26. The number of benzene rings is 4. The van der Waals surface area contributed by atoms with Crippen molar-refractivity contribution in [1.82, 2.24) is 5.32 Å². The molecular formula is C33H25ClFIN2O6. The predicted octanol–water partition coefficient (Wildman–Crippen LogP) is 7.31. The zero-order valence-electron chi connectivity index (χ0n) is 23.3. The summed E-state index contributed by atoms with van der Waals surface area (Å²) in [7, 11) is 0. The lowest BCUT2D eigenvalue weighted by atomic mass is 10.1. The molecular weight excluding hydrogens is 702 g/mol. The smallest absolute Gasteiger partial charge is 0.335 e. The Labute approximate surface area is 271 Å². The molecule has 224 valence electrons. The summed E-state index contributed by atoms with van der Waals surface area (Å²) in [6, 6.07) is 22.2. The molecule has 0 spiro atoms. The van der Waals surface area contributed by atoms with E-state index >= 15 is 0 Å². The average molecular weight is 727 g/mol. The van der Waals surface area contributed by atoms with Crippen molar-refractivity contribution in [2.45, 2.75) is 20.1 Å². The number of halogens is 3. The molecule has 5 rings (SSSR count). The van der Waals surface area contributed by atoms with E-state index in [9.17, 15) is 18.8 Å². The number of barbiturate groups is 1. The molecule has 4 amide bonds. The third-order valence-corrected chi connectivity index (χ3v) is 7.48. The quantitative estimate of drug-likeness (QED) is 0.105. The second-order valence-electron chi connectivity index (χ2n) is 9.55. The van der Waals surface area contributed by atoms with Crippen LogP contribution in [0.2, 0.25) is 5.02 Å². The van der Waals surface area contributed by atoms with Crippen LogP contribution < -0.4 is 24.4 Å². The highest BCUT2D eigenvalue weighted by molar-refractivity contribution is 14.1. The molecule has 0 saturated carbocycles. The van der Waals surface area contributed by atoms with Gasteiger partial charge in [0.25, 0.3) is 11.8 Å². The van der Waals surface area contributed by atoms with Gasteiger partial charge in [-0.05, 0) is 113 Å². The Balaban J connectivity index is 1.35. The van der Waals surface area contributed by atoms with E-state index in [1.165, 1.54) is 18.2 Å². The molecule has 1 fully saturated rings. The molecule has 1 saturated heterocycles. The van der Waals surface area contributed by atoms with Crippen LogP contribution in [0.3, 0.4) is 0 Å². The predicted molar refractivity (Wildman–Crippen MR) is 172 cm³/mol. The Morgan fingerprint density at radius 2 is 1.61 bits per heavy atom. The first kappa shape index (κ1) is 31.0. The molecule has 0 bridgehead atoms. The van der Waals surface area contributed by atoms with Crippen molar-refractivity contribution < 1.29 is 33.0 Å². The van der Waals surface area contributed by atoms with Gasteiger partial charge in [-0.15, -0.1) is 0 Å². The third kappa shape index (κ3) is 7.37. The second kappa shape index (κ2) is 13.9. The fraction of sp³-hybridized carbons (Fsp3) is 0.121. The Morgan fingerprint density at radius 1 is 0.886 bits per heavy atom. The summed E-state index contributed by atoms with van der Waals surface area (Å²) in [5.74, 6) is -0.624. The summed E-state index contributed by atoms with van der Waals surface area (Å²) < 4.78 is 31.8. The molecule has 1 N–H and O–H groups in total. The summed E-state index contributed by atoms with van der Waals surface area (Å²) in [4.78, 5) is 39.9. The van der Waals surface area contributed by atoms with Gasteiger partial charge in [0.1, 0.15) is 30.4 Å². The molecule has 1 heterocycles. The van der Waals surface area contributed by atoms with Gasteiger partial charge in [-0.3, -0.25) is 14.9 Å². The molecule has 4 aromatic rings. The number of hydrogen-bond donors (Lipinski definition) is 1. The molecule has 8 nitrogen and oxygen atoms in total. The Hall–Kier alpha value is -4.42. The number of urea groups is 1. The van der Waals surface area contributed by atoms with Crippen LogP contribution in [0.4, 0.5) is 14.9 Å². The van der Waals surface area contributed by atoms with Gasteiger partial charge < -0.3 is 14.2 Å². The van der Waals surface area contributed by atoms with E-state index in [-0.39, 0.29) is 23.7 Å². The van der Waals surface area contributed by atoms with Crippen LogP contribution in [0.1, 0.15) is 23.6 Å². The van der Waals surface area contributed by atoms with E-state index in [1.807, 2.05) is 19.1 Å². The molecule has 0 atom stereocenters. The first-order valence-electron chi connectivity index (χ1n) is 13.4. The Bertz CT molecular complexity index is 1740. The number of nitrogens with zero attached hydrogens (tertiary/aromatic N) is 1.